The number of thiocarbonyl (C=S) groups is 2. The molecule has 0 atom stereocenters. The van der Waals surface area contributed by atoms with Crippen LogP contribution >= 0.6 is 24.4 Å². The van der Waals surface area contributed by atoms with E-state index in [0.29, 0.717) is 10.2 Å². The maximum absolute atomic E-state index is 5.09. The van der Waals surface area contributed by atoms with E-state index in [0.717, 1.165) is 50.2 Å². The van der Waals surface area contributed by atoms with Gasteiger partial charge in [0.25, 0.3) is 0 Å². The van der Waals surface area contributed by atoms with Crippen molar-refractivity contribution in [3.8, 4) is 0 Å². The van der Waals surface area contributed by atoms with Gasteiger partial charge >= 0.3 is 0 Å². The van der Waals surface area contributed by atoms with Gasteiger partial charge in [0.2, 0.25) is 0 Å². The summed E-state index contributed by atoms with van der Waals surface area (Å²) in [6, 6.07) is 0. The molecule has 6 nitrogen and oxygen atoms in total. The van der Waals surface area contributed by atoms with Crippen molar-refractivity contribution in [2.24, 2.45) is 10.2 Å². The molecule has 0 rings (SSSR count). The first-order chi connectivity index (χ1) is 10.5. The van der Waals surface area contributed by atoms with Crippen LogP contribution in [0.15, 0.2) is 10.2 Å². The average Bonchev–Trinajstić information content (AvgIpc) is 2.52. The number of hydrazone groups is 2. The van der Waals surface area contributed by atoms with E-state index in [1.165, 1.54) is 0 Å². The van der Waals surface area contributed by atoms with Crippen LogP contribution in [0.4, 0.5) is 0 Å². The monoisotopic (exact) mass is 344 g/mol. The second-order valence-electron chi connectivity index (χ2n) is 4.93. The zero-order chi connectivity index (χ0) is 16.8. The Balaban J connectivity index is 3.99. The molecule has 0 aromatic heterocycles. The van der Waals surface area contributed by atoms with Crippen LogP contribution in [0.1, 0.15) is 53.4 Å². The summed E-state index contributed by atoms with van der Waals surface area (Å²) >= 11 is 10.2. The lowest BCUT2D eigenvalue weighted by molar-refractivity contribution is 0.813. The molecule has 8 heteroatoms. The molecule has 0 spiro atoms. The molecule has 0 saturated heterocycles. The van der Waals surface area contributed by atoms with E-state index in [1.807, 2.05) is 13.8 Å². The highest BCUT2D eigenvalue weighted by Gasteiger charge is 1.98. The molecule has 0 fully saturated rings. The van der Waals surface area contributed by atoms with Crippen molar-refractivity contribution in [2.45, 2.75) is 53.4 Å². The van der Waals surface area contributed by atoms with Gasteiger partial charge < -0.3 is 10.6 Å². The van der Waals surface area contributed by atoms with E-state index < -0.39 is 0 Å². The van der Waals surface area contributed by atoms with Gasteiger partial charge in [0.15, 0.2) is 10.2 Å². The molecule has 0 radical (unpaired) electrons. The van der Waals surface area contributed by atoms with E-state index >= 15 is 0 Å². The van der Waals surface area contributed by atoms with Gasteiger partial charge in [0.1, 0.15) is 0 Å². The first kappa shape index (κ1) is 20.7. The van der Waals surface area contributed by atoms with Crippen LogP contribution in [0, 0.1) is 0 Å². The van der Waals surface area contributed by atoms with Crippen molar-refractivity contribution < 1.29 is 0 Å². The third-order valence-electron chi connectivity index (χ3n) is 2.62. The maximum Gasteiger partial charge on any atom is 0.186 e. The minimum atomic E-state index is 0.556. The molecule has 4 N–H and O–H groups in total. The van der Waals surface area contributed by atoms with Crippen molar-refractivity contribution in [2.75, 3.05) is 13.1 Å². The second-order valence-corrected chi connectivity index (χ2v) is 5.75. The Morgan fingerprint density at radius 3 is 1.45 bits per heavy atom. The van der Waals surface area contributed by atoms with Crippen LogP contribution in [0.3, 0.4) is 0 Å². The normalized spacial score (nSPS) is 11.8. The lowest BCUT2D eigenvalue weighted by atomic mass is 10.2. The number of rotatable bonds is 9. The Labute approximate surface area is 144 Å². The van der Waals surface area contributed by atoms with Gasteiger partial charge in [0, 0.05) is 24.5 Å². The van der Waals surface area contributed by atoms with Gasteiger partial charge in [0.05, 0.1) is 0 Å². The molecule has 0 aromatic carbocycles. The van der Waals surface area contributed by atoms with Gasteiger partial charge in [-0.25, -0.2) is 0 Å². The fraction of sp³-hybridized carbons (Fsp3) is 0.714. The summed E-state index contributed by atoms with van der Waals surface area (Å²) in [7, 11) is 0. The van der Waals surface area contributed by atoms with E-state index in [9.17, 15) is 0 Å². The standard InChI is InChI=1S/C14H28N6S2/c1-5-9-15-13(21)19-17-11(3)7-8-12(4)18-20-14(22)16-10-6-2/h5-10H2,1-4H3,(H2,15,19,21)(H2,16,20,22)/b17-11-,18-12+. The van der Waals surface area contributed by atoms with Crippen molar-refractivity contribution in [1.82, 2.24) is 21.5 Å². The molecule has 0 aliphatic carbocycles. The fourth-order valence-electron chi connectivity index (χ4n) is 1.32. The van der Waals surface area contributed by atoms with Crippen LogP contribution in [0.2, 0.25) is 0 Å². The molecule has 0 aliphatic rings. The van der Waals surface area contributed by atoms with Crippen molar-refractivity contribution in [3.05, 3.63) is 0 Å². The molecule has 22 heavy (non-hydrogen) atoms. The van der Waals surface area contributed by atoms with Crippen molar-refractivity contribution in [1.29, 1.82) is 0 Å². The Bertz CT molecular complexity index is 368. The van der Waals surface area contributed by atoms with Crippen molar-refractivity contribution >= 4 is 46.1 Å². The van der Waals surface area contributed by atoms with Gasteiger partial charge in [-0.1, -0.05) is 13.8 Å². The summed E-state index contributed by atoms with van der Waals surface area (Å²) in [5.41, 5.74) is 7.62. The highest BCUT2D eigenvalue weighted by atomic mass is 32.1. The highest BCUT2D eigenvalue weighted by molar-refractivity contribution is 7.80. The van der Waals surface area contributed by atoms with Crippen LogP contribution in [0.25, 0.3) is 0 Å². The molecular weight excluding hydrogens is 316 g/mol. The SMILES string of the molecule is CCCNC(=S)N/N=C(/C)CC/C(C)=N/NC(=S)NCCC. The van der Waals surface area contributed by atoms with E-state index in [4.69, 9.17) is 24.4 Å². The Kier molecular flexibility index (Phi) is 12.6. The first-order valence-electron chi connectivity index (χ1n) is 7.63. The zero-order valence-electron chi connectivity index (χ0n) is 14.0. The predicted octanol–water partition coefficient (Wildman–Crippen LogP) is 2.27. The minimum absolute atomic E-state index is 0.556. The lowest BCUT2D eigenvalue weighted by Crippen LogP contribution is -2.33. The number of nitrogens with zero attached hydrogens (tertiary/aromatic N) is 2. The van der Waals surface area contributed by atoms with Crippen LogP contribution in [0.5, 0.6) is 0 Å². The lowest BCUT2D eigenvalue weighted by Gasteiger charge is -2.07. The summed E-state index contributed by atoms with van der Waals surface area (Å²) in [5, 5.41) is 15.7. The third-order valence-corrected chi connectivity index (χ3v) is 3.09. The summed E-state index contributed by atoms with van der Waals surface area (Å²) < 4.78 is 0. The molecule has 0 amide bonds. The number of hydrogen-bond acceptors (Lipinski definition) is 4. The molecule has 0 aromatic rings. The number of hydrogen-bond donors (Lipinski definition) is 4. The van der Waals surface area contributed by atoms with Gasteiger partial charge in [-0.2, -0.15) is 10.2 Å². The van der Waals surface area contributed by atoms with Gasteiger partial charge in [-0.3, -0.25) is 10.9 Å². The van der Waals surface area contributed by atoms with Crippen molar-refractivity contribution in [3.63, 3.8) is 0 Å². The second kappa shape index (κ2) is 13.4. The summed E-state index contributed by atoms with van der Waals surface area (Å²) in [6.45, 7) is 9.80. The highest BCUT2D eigenvalue weighted by Crippen LogP contribution is 1.95. The average molecular weight is 345 g/mol. The Morgan fingerprint density at radius 2 is 1.14 bits per heavy atom. The van der Waals surface area contributed by atoms with E-state index in [2.05, 4.69) is 45.5 Å². The topological polar surface area (TPSA) is 72.8 Å². The molecular formula is C14H28N6S2. The quantitative estimate of drug-likeness (QED) is 0.292. The zero-order valence-corrected chi connectivity index (χ0v) is 15.6. The first-order valence-corrected chi connectivity index (χ1v) is 8.45. The molecule has 0 unspecified atom stereocenters. The van der Waals surface area contributed by atoms with E-state index in [1.54, 1.807) is 0 Å². The summed E-state index contributed by atoms with van der Waals surface area (Å²) in [6.07, 6.45) is 3.69. The summed E-state index contributed by atoms with van der Waals surface area (Å²) in [4.78, 5) is 0. The van der Waals surface area contributed by atoms with Crippen LogP contribution in [-0.2, 0) is 0 Å². The number of nitrogens with one attached hydrogen (secondary N) is 4. The predicted molar refractivity (Wildman–Crippen MR) is 104 cm³/mol. The van der Waals surface area contributed by atoms with E-state index in [-0.39, 0.29) is 0 Å². The maximum atomic E-state index is 5.09. The van der Waals surface area contributed by atoms with Gasteiger partial charge in [-0.15, -0.1) is 0 Å². The van der Waals surface area contributed by atoms with Gasteiger partial charge in [-0.05, 0) is 64.0 Å². The smallest absolute Gasteiger partial charge is 0.186 e. The molecule has 0 heterocycles. The van der Waals surface area contributed by atoms with Crippen LogP contribution < -0.4 is 21.5 Å². The molecule has 0 aliphatic heterocycles. The Hall–Kier alpha value is -1.28. The molecule has 0 bridgehead atoms. The fourth-order valence-corrected chi connectivity index (χ4v) is 1.62. The molecule has 126 valence electrons. The minimum Gasteiger partial charge on any atom is -0.361 e. The Morgan fingerprint density at radius 1 is 0.773 bits per heavy atom. The largest absolute Gasteiger partial charge is 0.361 e. The summed E-state index contributed by atoms with van der Waals surface area (Å²) in [5.74, 6) is 0. The van der Waals surface area contributed by atoms with Crippen LogP contribution in [-0.4, -0.2) is 34.7 Å². The third kappa shape index (κ3) is 12.5. The molecule has 0 saturated carbocycles.